The molecule has 1 N–H and O–H groups in total. The Labute approximate surface area is 90.7 Å². The molecule has 88 valence electrons. The first-order valence-corrected chi connectivity index (χ1v) is 4.99. The van der Waals surface area contributed by atoms with Gasteiger partial charge in [-0.1, -0.05) is 0 Å². The third-order valence-corrected chi connectivity index (χ3v) is 2.64. The summed E-state index contributed by atoms with van der Waals surface area (Å²) >= 11 is 0. The minimum Gasteiger partial charge on any atom is -0.393 e. The van der Waals surface area contributed by atoms with E-state index in [-0.39, 0.29) is 24.4 Å². The van der Waals surface area contributed by atoms with E-state index in [1.54, 1.807) is 0 Å². The zero-order valence-corrected chi connectivity index (χ0v) is 8.42. The Balaban J connectivity index is 1.98. The number of halogens is 3. The van der Waals surface area contributed by atoms with Crippen LogP contribution in [0.2, 0.25) is 0 Å². The minimum atomic E-state index is -0.947. The maximum absolute atomic E-state index is 13.2. The Hall–Kier alpha value is -1.07. The first-order chi connectivity index (χ1) is 7.56. The van der Waals surface area contributed by atoms with Crippen molar-refractivity contribution in [2.24, 2.45) is 0 Å². The molecule has 1 aliphatic carbocycles. The molecule has 1 aromatic rings. The van der Waals surface area contributed by atoms with Gasteiger partial charge in [0, 0.05) is 17.7 Å². The van der Waals surface area contributed by atoms with Crippen LogP contribution >= 0.6 is 0 Å². The van der Waals surface area contributed by atoms with Crippen molar-refractivity contribution in [3.05, 3.63) is 35.1 Å². The van der Waals surface area contributed by atoms with Gasteiger partial charge < -0.3 is 9.84 Å². The van der Waals surface area contributed by atoms with Crippen LogP contribution < -0.4 is 0 Å². The van der Waals surface area contributed by atoms with Crippen molar-refractivity contribution in [3.8, 4) is 0 Å². The highest BCUT2D eigenvalue weighted by molar-refractivity contribution is 5.20. The lowest BCUT2D eigenvalue weighted by atomic mass is 9.92. The number of aliphatic hydroxyl groups excluding tert-OH is 1. The summed E-state index contributed by atoms with van der Waals surface area (Å²) in [5.41, 5.74) is -0.275. The quantitative estimate of drug-likeness (QED) is 0.865. The summed E-state index contributed by atoms with van der Waals surface area (Å²) in [7, 11) is 0. The van der Waals surface area contributed by atoms with Crippen LogP contribution in [0, 0.1) is 17.5 Å². The average Bonchev–Trinajstić information content (AvgIpc) is 2.12. The van der Waals surface area contributed by atoms with Crippen molar-refractivity contribution in [1.82, 2.24) is 0 Å². The number of ether oxygens (including phenoxy) is 1. The second-order valence-electron chi connectivity index (χ2n) is 3.91. The molecule has 1 aliphatic rings. The van der Waals surface area contributed by atoms with E-state index in [0.717, 1.165) is 0 Å². The molecule has 1 fully saturated rings. The van der Waals surface area contributed by atoms with E-state index in [1.807, 2.05) is 0 Å². The van der Waals surface area contributed by atoms with Crippen molar-refractivity contribution in [1.29, 1.82) is 0 Å². The highest BCUT2D eigenvalue weighted by Gasteiger charge is 2.28. The fraction of sp³-hybridized carbons (Fsp3) is 0.455. The summed E-state index contributed by atoms with van der Waals surface area (Å²) in [5, 5.41) is 8.98. The number of hydrogen-bond acceptors (Lipinski definition) is 2. The molecule has 0 aliphatic heterocycles. The van der Waals surface area contributed by atoms with Crippen molar-refractivity contribution >= 4 is 0 Å². The first kappa shape index (κ1) is 11.4. The molecular weight excluding hydrogens is 221 g/mol. The third-order valence-electron chi connectivity index (χ3n) is 2.64. The van der Waals surface area contributed by atoms with Gasteiger partial charge >= 0.3 is 0 Å². The summed E-state index contributed by atoms with van der Waals surface area (Å²) in [6.45, 7) is -0.241. The molecule has 1 aromatic carbocycles. The molecular formula is C11H11F3O2. The van der Waals surface area contributed by atoms with Gasteiger partial charge in [0.2, 0.25) is 0 Å². The third kappa shape index (κ3) is 2.36. The van der Waals surface area contributed by atoms with Crippen LogP contribution in [0.4, 0.5) is 13.2 Å². The van der Waals surface area contributed by atoms with Gasteiger partial charge in [-0.05, 0) is 12.8 Å². The summed E-state index contributed by atoms with van der Waals surface area (Å²) in [4.78, 5) is 0. The molecule has 2 rings (SSSR count). The van der Waals surface area contributed by atoms with E-state index in [2.05, 4.69) is 0 Å². The van der Waals surface area contributed by atoms with Gasteiger partial charge in [-0.25, -0.2) is 13.2 Å². The molecule has 0 aromatic heterocycles. The number of hydrogen-bond donors (Lipinski definition) is 1. The van der Waals surface area contributed by atoms with E-state index in [9.17, 15) is 13.2 Å². The van der Waals surface area contributed by atoms with Crippen LogP contribution in [0.25, 0.3) is 0 Å². The largest absolute Gasteiger partial charge is 0.393 e. The molecule has 0 heterocycles. The molecule has 0 saturated heterocycles. The standard InChI is InChI=1S/C11H11F3O2/c12-6-1-10(13)9(11(14)2-6)5-16-8-3-7(15)4-8/h1-2,7-8,15H,3-5H2. The van der Waals surface area contributed by atoms with Gasteiger partial charge in [0.15, 0.2) is 0 Å². The normalized spacial score (nSPS) is 24.2. The number of aliphatic hydroxyl groups is 1. The average molecular weight is 232 g/mol. The molecule has 0 amide bonds. The van der Waals surface area contributed by atoms with Crippen molar-refractivity contribution in [3.63, 3.8) is 0 Å². The molecule has 0 unspecified atom stereocenters. The Morgan fingerprint density at radius 1 is 1.19 bits per heavy atom. The SMILES string of the molecule is OC1CC(OCc2c(F)cc(F)cc2F)C1. The molecule has 2 nitrogen and oxygen atoms in total. The molecule has 0 bridgehead atoms. The van der Waals surface area contributed by atoms with Crippen LogP contribution in [0.3, 0.4) is 0 Å². The summed E-state index contributed by atoms with van der Waals surface area (Å²) < 4.78 is 44.1. The molecule has 0 spiro atoms. The zero-order chi connectivity index (χ0) is 11.7. The monoisotopic (exact) mass is 232 g/mol. The van der Waals surface area contributed by atoms with Crippen molar-refractivity contribution in [2.45, 2.75) is 31.7 Å². The van der Waals surface area contributed by atoms with E-state index < -0.39 is 17.5 Å². The van der Waals surface area contributed by atoms with Gasteiger partial charge in [0.05, 0.1) is 18.8 Å². The Kier molecular flexibility index (Phi) is 3.16. The van der Waals surface area contributed by atoms with Gasteiger partial charge in [-0.3, -0.25) is 0 Å². The topological polar surface area (TPSA) is 29.5 Å². The molecule has 0 radical (unpaired) electrons. The van der Waals surface area contributed by atoms with E-state index in [4.69, 9.17) is 9.84 Å². The van der Waals surface area contributed by atoms with Gasteiger partial charge in [-0.15, -0.1) is 0 Å². The predicted octanol–water partition coefficient (Wildman–Crippen LogP) is 2.14. The van der Waals surface area contributed by atoms with Crippen LogP contribution in [0.1, 0.15) is 18.4 Å². The number of benzene rings is 1. The second kappa shape index (κ2) is 4.43. The van der Waals surface area contributed by atoms with Crippen molar-refractivity contribution in [2.75, 3.05) is 0 Å². The van der Waals surface area contributed by atoms with Crippen molar-refractivity contribution < 1.29 is 23.0 Å². The highest BCUT2D eigenvalue weighted by Crippen LogP contribution is 2.25. The fourth-order valence-electron chi connectivity index (χ4n) is 1.59. The lowest BCUT2D eigenvalue weighted by molar-refractivity contribution is -0.0789. The minimum absolute atomic E-state index is 0.168. The lowest BCUT2D eigenvalue weighted by Crippen LogP contribution is -2.35. The van der Waals surface area contributed by atoms with E-state index in [1.165, 1.54) is 0 Å². The lowest BCUT2D eigenvalue weighted by Gasteiger charge is -2.31. The highest BCUT2D eigenvalue weighted by atomic mass is 19.1. The van der Waals surface area contributed by atoms with Crippen LogP contribution in [0.5, 0.6) is 0 Å². The first-order valence-electron chi connectivity index (χ1n) is 4.99. The van der Waals surface area contributed by atoms with E-state index >= 15 is 0 Å². The summed E-state index contributed by atoms with van der Waals surface area (Å²) in [6.07, 6.45) is 0.404. The summed E-state index contributed by atoms with van der Waals surface area (Å²) in [6, 6.07) is 1.24. The van der Waals surface area contributed by atoms with Gasteiger partial charge in [0.1, 0.15) is 17.5 Å². The second-order valence-corrected chi connectivity index (χ2v) is 3.91. The fourth-order valence-corrected chi connectivity index (χ4v) is 1.59. The maximum Gasteiger partial charge on any atom is 0.134 e. The van der Waals surface area contributed by atoms with E-state index in [0.29, 0.717) is 25.0 Å². The smallest absolute Gasteiger partial charge is 0.134 e. The van der Waals surface area contributed by atoms with Gasteiger partial charge in [-0.2, -0.15) is 0 Å². The molecule has 16 heavy (non-hydrogen) atoms. The van der Waals surface area contributed by atoms with Gasteiger partial charge in [0.25, 0.3) is 0 Å². The van der Waals surface area contributed by atoms with Crippen LogP contribution in [-0.2, 0) is 11.3 Å². The Morgan fingerprint density at radius 3 is 2.25 bits per heavy atom. The molecule has 5 heteroatoms. The Morgan fingerprint density at radius 2 is 1.75 bits per heavy atom. The Bertz CT molecular complexity index is 366. The van der Waals surface area contributed by atoms with Crippen LogP contribution in [-0.4, -0.2) is 17.3 Å². The number of rotatable bonds is 3. The maximum atomic E-state index is 13.2. The summed E-state index contributed by atoms with van der Waals surface area (Å²) in [5.74, 6) is -2.84. The van der Waals surface area contributed by atoms with Crippen LogP contribution in [0.15, 0.2) is 12.1 Å². The molecule has 0 atom stereocenters. The predicted molar refractivity (Wildman–Crippen MR) is 50.1 cm³/mol. The molecule has 1 saturated carbocycles. The zero-order valence-electron chi connectivity index (χ0n) is 8.42.